The molecule has 1 fully saturated rings. The van der Waals surface area contributed by atoms with Crippen LogP contribution in [0.25, 0.3) is 0 Å². The summed E-state index contributed by atoms with van der Waals surface area (Å²) in [6.07, 6.45) is -0.0889. The van der Waals surface area contributed by atoms with E-state index in [9.17, 15) is 13.2 Å². The Bertz CT molecular complexity index is 395. The minimum atomic E-state index is -4.10. The highest BCUT2D eigenvalue weighted by molar-refractivity contribution is 9.10. The lowest BCUT2D eigenvalue weighted by Gasteiger charge is -2.35. The first-order chi connectivity index (χ1) is 7.97. The maximum atomic E-state index is 12.7. The summed E-state index contributed by atoms with van der Waals surface area (Å²) in [6.45, 7) is 0.687. The second-order valence-electron chi connectivity index (χ2n) is 4.19. The summed E-state index contributed by atoms with van der Waals surface area (Å²) in [5.74, 6) is -1.23. The second kappa shape index (κ2) is 4.84. The molecule has 17 heavy (non-hydrogen) atoms. The Balaban J connectivity index is 2.12. The number of hydrogen-bond donors (Lipinski definition) is 0. The molecule has 1 aromatic heterocycles. The highest BCUT2D eigenvalue weighted by atomic mass is 79.9. The molecule has 0 radical (unpaired) electrons. The summed E-state index contributed by atoms with van der Waals surface area (Å²) in [5, 5.41) is 0. The monoisotopic (exact) mass is 308 g/mol. The summed E-state index contributed by atoms with van der Waals surface area (Å²) in [6, 6.07) is 1.80. The average molecular weight is 309 g/mol. The van der Waals surface area contributed by atoms with Crippen molar-refractivity contribution in [1.29, 1.82) is 0 Å². The third-order valence-corrected chi connectivity index (χ3v) is 3.37. The van der Waals surface area contributed by atoms with Gasteiger partial charge in [0.2, 0.25) is 0 Å². The normalized spacial score (nSPS) is 21.6. The predicted molar refractivity (Wildman–Crippen MR) is 62.9 cm³/mol. The fourth-order valence-corrected chi connectivity index (χ4v) is 2.41. The maximum Gasteiger partial charge on any atom is 0.393 e. The second-order valence-corrected chi connectivity index (χ2v) is 5.10. The fraction of sp³-hybridized carbons (Fsp3) is 0.545. The summed E-state index contributed by atoms with van der Waals surface area (Å²) < 4.78 is 38.8. The van der Waals surface area contributed by atoms with Crippen LogP contribution in [0.4, 0.5) is 18.9 Å². The van der Waals surface area contributed by atoms with Gasteiger partial charge in [-0.2, -0.15) is 13.2 Å². The van der Waals surface area contributed by atoms with Crippen molar-refractivity contribution in [2.75, 3.05) is 18.0 Å². The lowest BCUT2D eigenvalue weighted by Crippen LogP contribution is -2.41. The molecule has 0 aromatic carbocycles. The molecular weight excluding hydrogens is 297 g/mol. The zero-order valence-corrected chi connectivity index (χ0v) is 10.6. The third-order valence-electron chi connectivity index (χ3n) is 2.94. The fourth-order valence-electron chi connectivity index (χ4n) is 2.05. The van der Waals surface area contributed by atoms with Crippen LogP contribution in [-0.2, 0) is 0 Å². The van der Waals surface area contributed by atoms with Crippen LogP contribution in [0.1, 0.15) is 12.8 Å². The van der Waals surface area contributed by atoms with Gasteiger partial charge < -0.3 is 4.90 Å². The molecule has 0 amide bonds. The number of pyridine rings is 1. The van der Waals surface area contributed by atoms with Gasteiger partial charge in [0.25, 0.3) is 0 Å². The maximum absolute atomic E-state index is 12.7. The number of rotatable bonds is 1. The van der Waals surface area contributed by atoms with Crippen molar-refractivity contribution in [1.82, 2.24) is 4.98 Å². The van der Waals surface area contributed by atoms with Gasteiger partial charge in [0, 0.05) is 23.8 Å². The molecule has 0 N–H and O–H groups in total. The van der Waals surface area contributed by atoms with E-state index in [2.05, 4.69) is 20.9 Å². The Morgan fingerprint density at radius 2 is 2.12 bits per heavy atom. The lowest BCUT2D eigenvalue weighted by molar-refractivity contribution is -0.175. The zero-order chi connectivity index (χ0) is 12.5. The molecule has 1 atom stereocenters. The van der Waals surface area contributed by atoms with Gasteiger partial charge in [0.1, 0.15) is 0 Å². The van der Waals surface area contributed by atoms with Crippen molar-refractivity contribution < 1.29 is 13.2 Å². The van der Waals surface area contributed by atoms with Gasteiger partial charge in [0.15, 0.2) is 0 Å². The van der Waals surface area contributed by atoms with Crippen molar-refractivity contribution >= 4 is 21.6 Å². The van der Waals surface area contributed by atoms with Crippen LogP contribution >= 0.6 is 15.9 Å². The molecule has 1 unspecified atom stereocenters. The smallest absolute Gasteiger partial charge is 0.370 e. The molecule has 0 saturated carbocycles. The van der Waals surface area contributed by atoms with Crippen molar-refractivity contribution in [2.24, 2.45) is 5.92 Å². The zero-order valence-electron chi connectivity index (χ0n) is 9.04. The Hall–Kier alpha value is -0.780. The van der Waals surface area contributed by atoms with Crippen LogP contribution in [0.5, 0.6) is 0 Å². The molecule has 94 valence electrons. The molecule has 2 nitrogen and oxygen atoms in total. The van der Waals surface area contributed by atoms with Gasteiger partial charge in [-0.15, -0.1) is 0 Å². The van der Waals surface area contributed by atoms with E-state index in [4.69, 9.17) is 0 Å². The molecule has 0 aliphatic carbocycles. The molecule has 2 rings (SSSR count). The van der Waals surface area contributed by atoms with Gasteiger partial charge in [0.05, 0.1) is 17.8 Å². The van der Waals surface area contributed by atoms with E-state index in [1.165, 1.54) is 0 Å². The SMILES string of the molecule is FC(F)(F)C1CCCN(c2cncc(Br)c2)C1. The van der Waals surface area contributed by atoms with E-state index in [0.717, 1.165) is 10.2 Å². The van der Waals surface area contributed by atoms with Crippen LogP contribution in [-0.4, -0.2) is 24.2 Å². The third kappa shape index (κ3) is 3.12. The Morgan fingerprint density at radius 3 is 2.76 bits per heavy atom. The molecule has 1 aliphatic heterocycles. The van der Waals surface area contributed by atoms with Gasteiger partial charge >= 0.3 is 6.18 Å². The minimum absolute atomic E-state index is 0.0294. The average Bonchev–Trinajstić information content (AvgIpc) is 2.28. The predicted octanol–water partition coefficient (Wildman–Crippen LogP) is 3.62. The standard InChI is InChI=1S/C11H12BrF3N2/c12-9-4-10(6-16-5-9)17-3-1-2-8(7-17)11(13,14)15/h4-6,8H,1-3,7H2. The van der Waals surface area contributed by atoms with Crippen molar-refractivity contribution in [3.8, 4) is 0 Å². The molecule has 0 bridgehead atoms. The van der Waals surface area contributed by atoms with Crippen molar-refractivity contribution in [3.63, 3.8) is 0 Å². The molecular formula is C11H12BrF3N2. The number of alkyl halides is 3. The highest BCUT2D eigenvalue weighted by Gasteiger charge is 2.41. The van der Waals surface area contributed by atoms with E-state index in [1.807, 2.05) is 0 Å². The highest BCUT2D eigenvalue weighted by Crippen LogP contribution is 2.34. The summed E-state index contributed by atoms with van der Waals surface area (Å²) >= 11 is 3.27. The minimum Gasteiger partial charge on any atom is -0.370 e. The number of hydrogen-bond acceptors (Lipinski definition) is 2. The molecule has 2 heterocycles. The molecule has 0 spiro atoms. The van der Waals surface area contributed by atoms with E-state index in [1.54, 1.807) is 23.4 Å². The summed E-state index contributed by atoms with van der Waals surface area (Å²) in [5.41, 5.74) is 0.744. The molecule has 1 aliphatic rings. The molecule has 1 saturated heterocycles. The summed E-state index contributed by atoms with van der Waals surface area (Å²) in [7, 11) is 0. The number of anilines is 1. The van der Waals surface area contributed by atoms with Crippen LogP contribution in [0.2, 0.25) is 0 Å². The van der Waals surface area contributed by atoms with Gasteiger partial charge in [-0.05, 0) is 34.8 Å². The van der Waals surface area contributed by atoms with Gasteiger partial charge in [-0.25, -0.2) is 0 Å². The quantitative estimate of drug-likeness (QED) is 0.787. The van der Waals surface area contributed by atoms with Crippen molar-refractivity contribution in [3.05, 3.63) is 22.9 Å². The van der Waals surface area contributed by atoms with E-state index in [-0.39, 0.29) is 13.0 Å². The molecule has 6 heteroatoms. The van der Waals surface area contributed by atoms with Crippen LogP contribution < -0.4 is 4.90 Å². The van der Waals surface area contributed by atoms with Crippen LogP contribution in [0, 0.1) is 5.92 Å². The first-order valence-corrected chi connectivity index (χ1v) is 6.18. The largest absolute Gasteiger partial charge is 0.393 e. The Morgan fingerprint density at radius 1 is 1.35 bits per heavy atom. The van der Waals surface area contributed by atoms with Crippen LogP contribution in [0.3, 0.4) is 0 Å². The number of halogens is 4. The lowest BCUT2D eigenvalue weighted by atomic mass is 9.97. The van der Waals surface area contributed by atoms with E-state index in [0.29, 0.717) is 13.0 Å². The topological polar surface area (TPSA) is 16.1 Å². The van der Waals surface area contributed by atoms with E-state index >= 15 is 0 Å². The number of aromatic nitrogens is 1. The number of piperidine rings is 1. The van der Waals surface area contributed by atoms with Crippen LogP contribution in [0.15, 0.2) is 22.9 Å². The van der Waals surface area contributed by atoms with E-state index < -0.39 is 12.1 Å². The first-order valence-electron chi connectivity index (χ1n) is 5.39. The Labute approximate surface area is 106 Å². The van der Waals surface area contributed by atoms with Crippen molar-refractivity contribution in [2.45, 2.75) is 19.0 Å². The van der Waals surface area contributed by atoms with Gasteiger partial charge in [-0.1, -0.05) is 0 Å². The molecule has 1 aromatic rings. The number of nitrogens with zero attached hydrogens (tertiary/aromatic N) is 2. The van der Waals surface area contributed by atoms with Gasteiger partial charge in [-0.3, -0.25) is 4.98 Å². The first kappa shape index (κ1) is 12.7. The summed E-state index contributed by atoms with van der Waals surface area (Å²) in [4.78, 5) is 5.73. The Kier molecular flexibility index (Phi) is 3.61.